The van der Waals surface area contributed by atoms with Gasteiger partial charge in [0.15, 0.2) is 0 Å². The lowest BCUT2D eigenvalue weighted by molar-refractivity contribution is -0.116. The highest BCUT2D eigenvalue weighted by Crippen LogP contribution is 2.11. The number of imidazole rings is 1. The van der Waals surface area contributed by atoms with E-state index in [1.807, 2.05) is 19.1 Å². The van der Waals surface area contributed by atoms with E-state index in [-0.39, 0.29) is 12.3 Å². The maximum Gasteiger partial charge on any atom is 0.269 e. The topological polar surface area (TPSA) is 105 Å². The third-order valence-electron chi connectivity index (χ3n) is 4.24. The van der Waals surface area contributed by atoms with E-state index in [1.54, 1.807) is 59.7 Å². The second kappa shape index (κ2) is 9.32. The minimum Gasteiger partial charge on any atom is -0.337 e. The number of carbonyl (C=O) groups is 3. The van der Waals surface area contributed by atoms with Crippen molar-refractivity contribution in [3.8, 4) is 0 Å². The quantitative estimate of drug-likeness (QED) is 0.561. The molecule has 0 atom stereocenters. The summed E-state index contributed by atoms with van der Waals surface area (Å²) in [5.41, 5.74) is 6.88. The van der Waals surface area contributed by atoms with Gasteiger partial charge in [-0.15, -0.1) is 0 Å². The van der Waals surface area contributed by atoms with Crippen molar-refractivity contribution in [2.75, 3.05) is 5.32 Å². The van der Waals surface area contributed by atoms with Crippen LogP contribution in [0.3, 0.4) is 0 Å². The molecule has 0 aliphatic heterocycles. The van der Waals surface area contributed by atoms with Crippen molar-refractivity contribution in [2.45, 2.75) is 19.9 Å². The predicted molar refractivity (Wildman–Crippen MR) is 108 cm³/mol. The molecule has 3 N–H and O–H groups in total. The molecule has 1 heterocycles. The smallest absolute Gasteiger partial charge is 0.269 e. The average Bonchev–Trinajstić information content (AvgIpc) is 3.24. The van der Waals surface area contributed by atoms with Crippen LogP contribution < -0.4 is 16.2 Å². The van der Waals surface area contributed by atoms with Crippen LogP contribution in [-0.2, 0) is 11.3 Å². The highest BCUT2D eigenvalue weighted by Gasteiger charge is 2.12. The molecule has 0 aliphatic rings. The summed E-state index contributed by atoms with van der Waals surface area (Å²) in [6, 6.07) is 13.6. The monoisotopic (exact) mass is 391 g/mol. The molecule has 0 aliphatic carbocycles. The zero-order valence-corrected chi connectivity index (χ0v) is 15.9. The molecule has 2 aromatic carbocycles. The molecule has 3 rings (SSSR count). The van der Waals surface area contributed by atoms with Crippen LogP contribution >= 0.6 is 0 Å². The Hall–Kier alpha value is -3.94. The van der Waals surface area contributed by atoms with E-state index in [2.05, 4.69) is 21.2 Å². The molecule has 0 spiro atoms. The minimum absolute atomic E-state index is 0.177. The van der Waals surface area contributed by atoms with Crippen LogP contribution in [-0.4, -0.2) is 27.3 Å². The Bertz CT molecular complexity index is 1010. The minimum atomic E-state index is -0.485. The van der Waals surface area contributed by atoms with E-state index in [1.165, 1.54) is 0 Å². The summed E-state index contributed by atoms with van der Waals surface area (Å²) in [5.74, 6) is -1.06. The molecule has 3 amide bonds. The van der Waals surface area contributed by atoms with Gasteiger partial charge < -0.3 is 9.88 Å². The molecule has 3 aromatic rings. The fourth-order valence-electron chi connectivity index (χ4n) is 2.69. The van der Waals surface area contributed by atoms with Gasteiger partial charge in [-0.05, 0) is 36.8 Å². The average molecular weight is 391 g/mol. The summed E-state index contributed by atoms with van der Waals surface area (Å²) < 4.78 is 1.81. The molecule has 0 radical (unpaired) electrons. The number of anilines is 1. The van der Waals surface area contributed by atoms with Gasteiger partial charge in [-0.2, -0.15) is 0 Å². The standard InChI is InChI=1S/C21H21N5O3/c1-15-5-2-3-8-18(15)21(29)25-24-20(28)16-6-4-7-17(13-16)23-19(27)9-11-26-12-10-22-14-26/h2-8,10,12-14H,9,11H2,1H3,(H,23,27)(H,24,28)(H,25,29). The Balaban J connectivity index is 1.54. The zero-order chi connectivity index (χ0) is 20.6. The molecule has 8 nitrogen and oxygen atoms in total. The van der Waals surface area contributed by atoms with E-state index in [0.717, 1.165) is 5.56 Å². The molecule has 1 aromatic heterocycles. The number of aryl methyl sites for hydroxylation is 2. The summed E-state index contributed by atoms with van der Waals surface area (Å²) >= 11 is 0. The Kier molecular flexibility index (Phi) is 6.36. The first-order valence-corrected chi connectivity index (χ1v) is 9.05. The number of nitrogens with one attached hydrogen (secondary N) is 3. The molecule has 0 bridgehead atoms. The van der Waals surface area contributed by atoms with Crippen LogP contribution in [0.2, 0.25) is 0 Å². The number of amides is 3. The van der Waals surface area contributed by atoms with Crippen molar-refractivity contribution in [1.29, 1.82) is 0 Å². The van der Waals surface area contributed by atoms with Crippen LogP contribution in [0.4, 0.5) is 5.69 Å². The number of nitrogens with zero attached hydrogens (tertiary/aromatic N) is 2. The number of hydrogen-bond donors (Lipinski definition) is 3. The Morgan fingerprint density at radius 2 is 1.79 bits per heavy atom. The van der Waals surface area contributed by atoms with Crippen LogP contribution in [0.5, 0.6) is 0 Å². The van der Waals surface area contributed by atoms with Gasteiger partial charge in [-0.3, -0.25) is 25.2 Å². The van der Waals surface area contributed by atoms with Crippen molar-refractivity contribution in [1.82, 2.24) is 20.4 Å². The number of rotatable bonds is 6. The van der Waals surface area contributed by atoms with Gasteiger partial charge >= 0.3 is 0 Å². The summed E-state index contributed by atoms with van der Waals surface area (Å²) in [7, 11) is 0. The summed E-state index contributed by atoms with van der Waals surface area (Å²) in [6.07, 6.45) is 5.35. The fourth-order valence-corrected chi connectivity index (χ4v) is 2.69. The van der Waals surface area contributed by atoms with Crippen molar-refractivity contribution in [3.05, 3.63) is 83.9 Å². The number of carbonyl (C=O) groups excluding carboxylic acids is 3. The lowest BCUT2D eigenvalue weighted by Gasteiger charge is -2.10. The van der Waals surface area contributed by atoms with Crippen LogP contribution in [0, 0.1) is 6.92 Å². The van der Waals surface area contributed by atoms with E-state index < -0.39 is 11.8 Å². The van der Waals surface area contributed by atoms with Gasteiger partial charge in [0.1, 0.15) is 0 Å². The van der Waals surface area contributed by atoms with E-state index in [9.17, 15) is 14.4 Å². The molecule has 0 fully saturated rings. The molecule has 0 saturated heterocycles. The Labute approximate surface area is 167 Å². The highest BCUT2D eigenvalue weighted by atomic mass is 16.2. The number of aromatic nitrogens is 2. The Morgan fingerprint density at radius 1 is 1.00 bits per heavy atom. The van der Waals surface area contributed by atoms with Crippen LogP contribution in [0.25, 0.3) is 0 Å². The number of benzene rings is 2. The van der Waals surface area contributed by atoms with Gasteiger partial charge in [0.05, 0.1) is 6.33 Å². The normalized spacial score (nSPS) is 10.2. The molecule has 0 unspecified atom stereocenters. The van der Waals surface area contributed by atoms with Gasteiger partial charge in [0, 0.05) is 42.2 Å². The van der Waals surface area contributed by atoms with Gasteiger partial charge in [-0.25, -0.2) is 4.98 Å². The summed E-state index contributed by atoms with van der Waals surface area (Å²) in [6.45, 7) is 2.33. The number of hydrogen-bond acceptors (Lipinski definition) is 4. The van der Waals surface area contributed by atoms with E-state index in [4.69, 9.17) is 0 Å². The SMILES string of the molecule is Cc1ccccc1C(=O)NNC(=O)c1cccc(NC(=O)CCn2ccnc2)c1. The summed E-state index contributed by atoms with van der Waals surface area (Å²) in [4.78, 5) is 40.5. The van der Waals surface area contributed by atoms with Crippen molar-refractivity contribution in [3.63, 3.8) is 0 Å². The van der Waals surface area contributed by atoms with Crippen molar-refractivity contribution in [2.24, 2.45) is 0 Å². The molecule has 0 saturated carbocycles. The van der Waals surface area contributed by atoms with E-state index in [0.29, 0.717) is 23.4 Å². The molecule has 8 heteroatoms. The van der Waals surface area contributed by atoms with Crippen molar-refractivity contribution >= 4 is 23.4 Å². The van der Waals surface area contributed by atoms with Gasteiger partial charge in [0.2, 0.25) is 5.91 Å². The predicted octanol–water partition coefficient (Wildman–Crippen LogP) is 2.30. The molecular weight excluding hydrogens is 370 g/mol. The van der Waals surface area contributed by atoms with Crippen molar-refractivity contribution < 1.29 is 14.4 Å². The third-order valence-corrected chi connectivity index (χ3v) is 4.24. The van der Waals surface area contributed by atoms with E-state index >= 15 is 0 Å². The van der Waals surface area contributed by atoms with Crippen LogP contribution in [0.1, 0.15) is 32.7 Å². The molecular formula is C21H21N5O3. The molecule has 29 heavy (non-hydrogen) atoms. The lowest BCUT2D eigenvalue weighted by atomic mass is 10.1. The van der Waals surface area contributed by atoms with Crippen LogP contribution in [0.15, 0.2) is 67.3 Å². The molecule has 148 valence electrons. The maximum absolute atomic E-state index is 12.3. The second-order valence-electron chi connectivity index (χ2n) is 6.40. The lowest BCUT2D eigenvalue weighted by Crippen LogP contribution is -2.41. The summed E-state index contributed by atoms with van der Waals surface area (Å²) in [5, 5.41) is 2.76. The Morgan fingerprint density at radius 3 is 2.55 bits per heavy atom. The zero-order valence-electron chi connectivity index (χ0n) is 15.9. The fraction of sp³-hybridized carbons (Fsp3) is 0.143. The largest absolute Gasteiger partial charge is 0.337 e. The van der Waals surface area contributed by atoms with Gasteiger partial charge in [-0.1, -0.05) is 24.3 Å². The third kappa shape index (κ3) is 5.52. The second-order valence-corrected chi connectivity index (χ2v) is 6.40. The number of hydrazine groups is 1. The first kappa shape index (κ1) is 19.8. The van der Waals surface area contributed by atoms with Gasteiger partial charge in [0.25, 0.3) is 11.8 Å². The highest BCUT2D eigenvalue weighted by molar-refractivity contribution is 6.00. The maximum atomic E-state index is 12.3. The first-order chi connectivity index (χ1) is 14.0. The first-order valence-electron chi connectivity index (χ1n) is 9.05.